The van der Waals surface area contributed by atoms with Crippen molar-refractivity contribution in [3.8, 4) is 11.5 Å². The molecule has 0 aliphatic carbocycles. The molecule has 0 unspecified atom stereocenters. The highest BCUT2D eigenvalue weighted by Crippen LogP contribution is 2.35. The van der Waals surface area contributed by atoms with Crippen molar-refractivity contribution >= 4 is 11.8 Å². The van der Waals surface area contributed by atoms with Gasteiger partial charge in [0.15, 0.2) is 0 Å². The first kappa shape index (κ1) is 25.9. The molecule has 8 heteroatoms. The van der Waals surface area contributed by atoms with Crippen molar-refractivity contribution in [2.24, 2.45) is 0 Å². The summed E-state index contributed by atoms with van der Waals surface area (Å²) in [5, 5.41) is 0. The fraction of sp³-hybridized carbons (Fsp3) is 0.367. The number of nitrogens with zero attached hydrogens (tertiary/aromatic N) is 1. The van der Waals surface area contributed by atoms with E-state index >= 15 is 0 Å². The molecule has 2 aliphatic heterocycles. The van der Waals surface area contributed by atoms with Gasteiger partial charge in [-0.3, -0.25) is 0 Å². The zero-order chi connectivity index (χ0) is 26.5. The summed E-state index contributed by atoms with van der Waals surface area (Å²) in [4.78, 5) is 14.3. The summed E-state index contributed by atoms with van der Waals surface area (Å²) < 4.78 is 28.7. The minimum atomic E-state index is -0.637. The summed E-state index contributed by atoms with van der Waals surface area (Å²) in [5.74, 6) is 0.956. The number of carbonyl (C=O) groups excluding carboxylic acids is 1. The van der Waals surface area contributed by atoms with Crippen LogP contribution in [0.4, 0.5) is 10.5 Å². The molecule has 0 aromatic heterocycles. The molecule has 1 amide bonds. The van der Waals surface area contributed by atoms with E-state index in [-0.39, 0.29) is 12.2 Å². The van der Waals surface area contributed by atoms with Gasteiger partial charge in [0.1, 0.15) is 24.2 Å². The largest absolute Gasteiger partial charge is 0.491 e. The Labute approximate surface area is 223 Å². The number of amides is 1. The first-order chi connectivity index (χ1) is 18.3. The van der Waals surface area contributed by atoms with Gasteiger partial charge in [0.25, 0.3) is 0 Å². The Hall–Kier alpha value is -3.75. The van der Waals surface area contributed by atoms with E-state index in [1.165, 1.54) is 0 Å². The topological polar surface area (TPSA) is 92.5 Å². The second kappa shape index (κ2) is 11.3. The van der Waals surface area contributed by atoms with Gasteiger partial charge in [-0.05, 0) is 59.5 Å². The second-order valence-corrected chi connectivity index (χ2v) is 10.0. The van der Waals surface area contributed by atoms with Gasteiger partial charge in [0, 0.05) is 31.6 Å². The number of cyclic esters (lactones) is 1. The van der Waals surface area contributed by atoms with Crippen LogP contribution in [0.3, 0.4) is 0 Å². The van der Waals surface area contributed by atoms with Crippen LogP contribution in [0.5, 0.6) is 11.5 Å². The molecule has 1 atom stereocenters. The number of ether oxygens (including phenoxy) is 5. The highest BCUT2D eigenvalue weighted by atomic mass is 16.7. The molecule has 0 radical (unpaired) electrons. The molecular weight excluding hydrogens is 484 g/mol. The lowest BCUT2D eigenvalue weighted by Crippen LogP contribution is -2.35. The quantitative estimate of drug-likeness (QED) is 0.290. The zero-order valence-electron chi connectivity index (χ0n) is 21.9. The standard InChI is InChI=1S/C30H34N2O6/c1-30(2)36-20-24-17-23(8-11-27(24)38-30)28-18-32(29(33)37-28)13-12-21-6-9-26(10-7-21)35-15-14-34-19-22-4-3-5-25(31)16-22/h3-11,16-17,28H,12-15,18-20,31H2,1-2H3/t28-/m0/s1. The van der Waals surface area contributed by atoms with Gasteiger partial charge in [0.2, 0.25) is 5.79 Å². The van der Waals surface area contributed by atoms with E-state index in [9.17, 15) is 4.79 Å². The molecule has 2 heterocycles. The minimum Gasteiger partial charge on any atom is -0.491 e. The van der Waals surface area contributed by atoms with Crippen LogP contribution in [0.25, 0.3) is 0 Å². The lowest BCUT2D eigenvalue weighted by atomic mass is 10.0. The summed E-state index contributed by atoms with van der Waals surface area (Å²) in [6.45, 7) is 6.79. The Morgan fingerprint density at radius 2 is 1.87 bits per heavy atom. The number of anilines is 1. The van der Waals surface area contributed by atoms with Crippen LogP contribution in [0.2, 0.25) is 0 Å². The summed E-state index contributed by atoms with van der Waals surface area (Å²) >= 11 is 0. The first-order valence-electron chi connectivity index (χ1n) is 12.9. The molecule has 0 bridgehead atoms. The predicted octanol–water partition coefficient (Wildman–Crippen LogP) is 5.25. The smallest absolute Gasteiger partial charge is 0.410 e. The van der Waals surface area contributed by atoms with Crippen LogP contribution in [-0.4, -0.2) is 43.1 Å². The average molecular weight is 519 g/mol. The molecule has 200 valence electrons. The molecule has 1 saturated heterocycles. The van der Waals surface area contributed by atoms with Gasteiger partial charge in [-0.1, -0.05) is 30.3 Å². The van der Waals surface area contributed by atoms with Crippen molar-refractivity contribution in [1.29, 1.82) is 0 Å². The lowest BCUT2D eigenvalue weighted by Gasteiger charge is -2.32. The van der Waals surface area contributed by atoms with Crippen molar-refractivity contribution in [3.63, 3.8) is 0 Å². The van der Waals surface area contributed by atoms with Gasteiger partial charge in [-0.15, -0.1) is 0 Å². The predicted molar refractivity (Wildman–Crippen MR) is 143 cm³/mol. The average Bonchev–Trinajstić information content (AvgIpc) is 3.27. The molecular formula is C30H34N2O6. The second-order valence-electron chi connectivity index (χ2n) is 10.0. The van der Waals surface area contributed by atoms with E-state index in [0.717, 1.165) is 45.9 Å². The maximum absolute atomic E-state index is 12.5. The van der Waals surface area contributed by atoms with Gasteiger partial charge in [-0.25, -0.2) is 4.79 Å². The Morgan fingerprint density at radius 1 is 1.03 bits per heavy atom. The summed E-state index contributed by atoms with van der Waals surface area (Å²) in [7, 11) is 0. The fourth-order valence-electron chi connectivity index (χ4n) is 4.53. The number of rotatable bonds is 10. The number of carbonyl (C=O) groups is 1. The van der Waals surface area contributed by atoms with Crippen LogP contribution in [0, 0.1) is 0 Å². The highest BCUT2D eigenvalue weighted by Gasteiger charge is 2.33. The van der Waals surface area contributed by atoms with E-state index in [1.807, 2.05) is 80.6 Å². The molecule has 5 rings (SSSR count). The van der Waals surface area contributed by atoms with Crippen molar-refractivity contribution in [2.45, 2.75) is 45.4 Å². The normalized spacial score (nSPS) is 18.0. The van der Waals surface area contributed by atoms with Crippen LogP contribution in [0.1, 0.15) is 42.2 Å². The molecule has 3 aromatic rings. The molecule has 2 aliphatic rings. The summed E-state index contributed by atoms with van der Waals surface area (Å²) in [6.07, 6.45) is 0.131. The van der Waals surface area contributed by atoms with Crippen molar-refractivity contribution in [1.82, 2.24) is 4.90 Å². The third kappa shape index (κ3) is 6.57. The number of hydrogen-bond donors (Lipinski definition) is 1. The maximum atomic E-state index is 12.5. The first-order valence-corrected chi connectivity index (χ1v) is 12.9. The molecule has 3 aromatic carbocycles. The lowest BCUT2D eigenvalue weighted by molar-refractivity contribution is -0.180. The minimum absolute atomic E-state index is 0.292. The Morgan fingerprint density at radius 3 is 2.68 bits per heavy atom. The Kier molecular flexibility index (Phi) is 7.72. The Balaban J connectivity index is 1.05. The van der Waals surface area contributed by atoms with E-state index in [2.05, 4.69) is 0 Å². The third-order valence-electron chi connectivity index (χ3n) is 6.58. The molecule has 1 fully saturated rings. The molecule has 2 N–H and O–H groups in total. The molecule has 0 spiro atoms. The number of fused-ring (bicyclic) bond motifs is 1. The van der Waals surface area contributed by atoms with Crippen molar-refractivity contribution in [2.75, 3.05) is 32.0 Å². The zero-order valence-corrected chi connectivity index (χ0v) is 21.9. The highest BCUT2D eigenvalue weighted by molar-refractivity contribution is 5.70. The molecule has 8 nitrogen and oxygen atoms in total. The van der Waals surface area contributed by atoms with Gasteiger partial charge in [-0.2, -0.15) is 0 Å². The number of hydrogen-bond acceptors (Lipinski definition) is 7. The monoisotopic (exact) mass is 518 g/mol. The van der Waals surface area contributed by atoms with Crippen molar-refractivity contribution in [3.05, 3.63) is 89.0 Å². The fourth-order valence-corrected chi connectivity index (χ4v) is 4.53. The summed E-state index contributed by atoms with van der Waals surface area (Å²) in [5.41, 5.74) is 10.6. The molecule has 0 saturated carbocycles. The molecule has 38 heavy (non-hydrogen) atoms. The SMILES string of the molecule is CC1(C)OCc2cc([C@@H]3CN(CCc4ccc(OCCOCc5cccc(N)c5)cc4)C(=O)O3)ccc2O1. The van der Waals surface area contributed by atoms with Gasteiger partial charge >= 0.3 is 6.09 Å². The van der Waals surface area contributed by atoms with E-state index in [1.54, 1.807) is 4.90 Å². The third-order valence-corrected chi connectivity index (χ3v) is 6.58. The van der Waals surface area contributed by atoms with Gasteiger partial charge in [0.05, 0.1) is 26.4 Å². The van der Waals surface area contributed by atoms with E-state index < -0.39 is 5.79 Å². The van der Waals surface area contributed by atoms with Crippen LogP contribution in [-0.2, 0) is 33.8 Å². The van der Waals surface area contributed by atoms with E-state index in [0.29, 0.717) is 39.5 Å². The van der Waals surface area contributed by atoms with Gasteiger partial charge < -0.3 is 34.3 Å². The maximum Gasteiger partial charge on any atom is 0.410 e. The number of nitrogens with two attached hydrogens (primary N) is 1. The number of benzene rings is 3. The Bertz CT molecular complexity index is 1260. The summed E-state index contributed by atoms with van der Waals surface area (Å²) in [6, 6.07) is 21.5. The van der Waals surface area contributed by atoms with Crippen LogP contribution in [0.15, 0.2) is 66.7 Å². The van der Waals surface area contributed by atoms with Crippen LogP contribution >= 0.6 is 0 Å². The van der Waals surface area contributed by atoms with E-state index in [4.69, 9.17) is 29.4 Å². The van der Waals surface area contributed by atoms with Crippen LogP contribution < -0.4 is 15.2 Å². The van der Waals surface area contributed by atoms with Crippen molar-refractivity contribution < 1.29 is 28.5 Å². The number of nitrogen functional groups attached to an aromatic ring is 1.